The first kappa shape index (κ1) is 17.0. The topological polar surface area (TPSA) is 80.3 Å². The summed E-state index contributed by atoms with van der Waals surface area (Å²) in [5.41, 5.74) is 0. The summed E-state index contributed by atoms with van der Waals surface area (Å²) in [6.45, 7) is 8.05. The van der Waals surface area contributed by atoms with E-state index in [1.54, 1.807) is 13.8 Å². The van der Waals surface area contributed by atoms with Crippen molar-refractivity contribution in [3.63, 3.8) is 0 Å². The van der Waals surface area contributed by atoms with E-state index < -0.39 is 42.5 Å². The maximum absolute atomic E-state index is 12.8. The molecule has 3 saturated heterocycles. The van der Waals surface area contributed by atoms with Crippen molar-refractivity contribution >= 4 is 11.9 Å². The van der Waals surface area contributed by atoms with Crippen molar-refractivity contribution in [3.05, 3.63) is 0 Å². The van der Waals surface area contributed by atoms with Gasteiger partial charge in [0, 0.05) is 0 Å². The average molecular weight is 366 g/mol. The van der Waals surface area contributed by atoms with Gasteiger partial charge in [-0.2, -0.15) is 0 Å². The van der Waals surface area contributed by atoms with Crippen LogP contribution in [0.15, 0.2) is 0 Å². The molecular weight excluding hydrogens is 340 g/mol. The molecule has 5 rings (SSSR count). The summed E-state index contributed by atoms with van der Waals surface area (Å²) in [5.74, 6) is 0.365. The summed E-state index contributed by atoms with van der Waals surface area (Å²) in [6, 6.07) is 0. The Morgan fingerprint density at radius 1 is 1.08 bits per heavy atom. The maximum Gasteiger partial charge on any atom is 0.350 e. The summed E-state index contributed by atoms with van der Waals surface area (Å²) in [5, 5.41) is 0. The Morgan fingerprint density at radius 2 is 1.85 bits per heavy atom. The predicted molar refractivity (Wildman–Crippen MR) is 86.5 cm³/mol. The van der Waals surface area contributed by atoms with E-state index in [0.717, 1.165) is 12.8 Å². The van der Waals surface area contributed by atoms with Crippen molar-refractivity contribution in [2.24, 2.45) is 29.6 Å². The predicted octanol–water partition coefficient (Wildman–Crippen LogP) is 1.63. The number of fused-ring (bicyclic) bond motifs is 5. The van der Waals surface area contributed by atoms with Crippen LogP contribution in [0, 0.1) is 29.6 Å². The van der Waals surface area contributed by atoms with Crippen molar-refractivity contribution in [1.29, 1.82) is 0 Å². The number of carbonyl (C=O) groups is 2. The van der Waals surface area contributed by atoms with E-state index in [-0.39, 0.29) is 11.9 Å². The molecule has 2 saturated carbocycles. The molecule has 10 atom stereocenters. The van der Waals surface area contributed by atoms with Gasteiger partial charge >= 0.3 is 11.9 Å². The molecule has 0 aromatic heterocycles. The molecule has 26 heavy (non-hydrogen) atoms. The van der Waals surface area contributed by atoms with Crippen LogP contribution in [0.5, 0.6) is 0 Å². The number of esters is 2. The van der Waals surface area contributed by atoms with Gasteiger partial charge in [-0.25, -0.2) is 4.79 Å². The first-order chi connectivity index (χ1) is 12.2. The van der Waals surface area contributed by atoms with E-state index in [9.17, 15) is 9.59 Å². The van der Waals surface area contributed by atoms with Crippen LogP contribution in [0.4, 0.5) is 0 Å². The van der Waals surface area contributed by atoms with Gasteiger partial charge in [0.1, 0.15) is 6.10 Å². The molecule has 2 bridgehead atoms. The zero-order valence-corrected chi connectivity index (χ0v) is 15.5. The van der Waals surface area contributed by atoms with Crippen molar-refractivity contribution < 1.29 is 33.3 Å². The largest absolute Gasteiger partial charge is 0.454 e. The number of hydrogen-bond donors (Lipinski definition) is 0. The van der Waals surface area contributed by atoms with Crippen molar-refractivity contribution in [2.75, 3.05) is 0 Å². The lowest BCUT2D eigenvalue weighted by Crippen LogP contribution is -2.40. The van der Waals surface area contributed by atoms with Crippen LogP contribution >= 0.6 is 0 Å². The highest BCUT2D eigenvalue weighted by molar-refractivity contribution is 5.83. The van der Waals surface area contributed by atoms with E-state index in [1.165, 1.54) is 0 Å². The molecule has 7 nitrogen and oxygen atoms in total. The summed E-state index contributed by atoms with van der Waals surface area (Å²) >= 11 is 0. The Balaban J connectivity index is 1.27. The van der Waals surface area contributed by atoms with Crippen molar-refractivity contribution in [3.8, 4) is 0 Å². The summed E-state index contributed by atoms with van der Waals surface area (Å²) in [4.78, 5) is 25.1. The molecule has 144 valence electrons. The second kappa shape index (κ2) is 5.42. The quantitative estimate of drug-likeness (QED) is 0.687. The van der Waals surface area contributed by atoms with E-state index in [2.05, 4.69) is 13.8 Å². The zero-order valence-electron chi connectivity index (χ0n) is 15.5. The highest BCUT2D eigenvalue weighted by atomic mass is 16.8. The van der Waals surface area contributed by atoms with Crippen LogP contribution < -0.4 is 0 Å². The van der Waals surface area contributed by atoms with E-state index in [1.807, 2.05) is 0 Å². The Morgan fingerprint density at radius 3 is 2.54 bits per heavy atom. The Labute approximate surface area is 152 Å². The van der Waals surface area contributed by atoms with Crippen LogP contribution in [-0.2, 0) is 33.3 Å². The first-order valence-corrected chi connectivity index (χ1v) is 9.67. The molecule has 7 heteroatoms. The van der Waals surface area contributed by atoms with Gasteiger partial charge in [0.25, 0.3) is 0 Å². The normalized spacial score (nSPS) is 53.5. The highest BCUT2D eigenvalue weighted by Crippen LogP contribution is 2.55. The van der Waals surface area contributed by atoms with E-state index >= 15 is 0 Å². The number of carbonyl (C=O) groups excluding carboxylic acids is 2. The molecule has 6 unspecified atom stereocenters. The zero-order chi connectivity index (χ0) is 18.4. The second-order valence-electron chi connectivity index (χ2n) is 9.05. The van der Waals surface area contributed by atoms with Crippen LogP contribution in [0.25, 0.3) is 0 Å². The molecule has 0 N–H and O–H groups in total. The van der Waals surface area contributed by atoms with Crippen LogP contribution in [0.1, 0.15) is 40.5 Å². The van der Waals surface area contributed by atoms with E-state index in [0.29, 0.717) is 23.7 Å². The fourth-order valence-electron chi connectivity index (χ4n) is 5.76. The molecule has 3 heterocycles. The molecular formula is C19H26O7. The molecule has 3 aliphatic heterocycles. The third-order valence-electron chi connectivity index (χ3n) is 7.25. The molecule has 0 amide bonds. The Bertz CT molecular complexity index is 644. The molecule has 0 radical (unpaired) electrons. The second-order valence-corrected chi connectivity index (χ2v) is 9.05. The van der Waals surface area contributed by atoms with Crippen molar-refractivity contribution in [1.82, 2.24) is 0 Å². The lowest BCUT2D eigenvalue weighted by Gasteiger charge is -2.31. The lowest BCUT2D eigenvalue weighted by molar-refractivity contribution is -0.217. The number of ether oxygens (including phenoxy) is 5. The summed E-state index contributed by atoms with van der Waals surface area (Å²) in [6.07, 6.45) is -1.42. The Hall–Kier alpha value is -1.18. The van der Waals surface area contributed by atoms with Gasteiger partial charge in [-0.05, 0) is 50.4 Å². The molecule has 5 fully saturated rings. The van der Waals surface area contributed by atoms with Gasteiger partial charge in [-0.1, -0.05) is 13.8 Å². The van der Waals surface area contributed by atoms with Crippen molar-refractivity contribution in [2.45, 2.75) is 77.0 Å². The van der Waals surface area contributed by atoms with Crippen LogP contribution in [0.2, 0.25) is 0 Å². The van der Waals surface area contributed by atoms with Gasteiger partial charge in [-0.3, -0.25) is 4.79 Å². The smallest absolute Gasteiger partial charge is 0.350 e. The monoisotopic (exact) mass is 366 g/mol. The van der Waals surface area contributed by atoms with Gasteiger partial charge < -0.3 is 23.7 Å². The standard InChI is InChI=1S/C19H26O7/c1-7-8(2)10-5-9(7)6-11(10)16(20)23-14-12-13(22-17(14)21)15-18(24-12)26-19(3,4)25-15/h7-15,18H,5-6H2,1-4H3/t7?,8?,9?,10?,11?,12-,13-,14?,15-,18-/m0/s1. The fraction of sp³-hybridized carbons (Fsp3) is 0.895. The van der Waals surface area contributed by atoms with Gasteiger partial charge in [-0.15, -0.1) is 0 Å². The molecule has 0 aromatic rings. The van der Waals surface area contributed by atoms with Crippen LogP contribution in [0.3, 0.4) is 0 Å². The van der Waals surface area contributed by atoms with Gasteiger partial charge in [0.2, 0.25) is 6.10 Å². The molecule has 0 spiro atoms. The SMILES string of the molecule is CC1C2CC(C(=O)OC3C(=O)O[C@@H]4[C@@H]5OC(C)(C)O[C@@H]5O[C@H]34)C(C2)C1C. The third-order valence-corrected chi connectivity index (χ3v) is 7.25. The molecule has 0 aromatic carbocycles. The van der Waals surface area contributed by atoms with Gasteiger partial charge in [0.05, 0.1) is 5.92 Å². The minimum absolute atomic E-state index is 0.120. The number of hydrogen-bond acceptors (Lipinski definition) is 7. The Kier molecular flexibility index (Phi) is 3.54. The minimum atomic E-state index is -1.03. The number of rotatable bonds is 2. The molecule has 2 aliphatic carbocycles. The van der Waals surface area contributed by atoms with Crippen LogP contribution in [-0.4, -0.2) is 48.4 Å². The third kappa shape index (κ3) is 2.29. The fourth-order valence-corrected chi connectivity index (χ4v) is 5.76. The lowest BCUT2D eigenvalue weighted by atomic mass is 9.76. The van der Waals surface area contributed by atoms with E-state index in [4.69, 9.17) is 23.7 Å². The highest BCUT2D eigenvalue weighted by Gasteiger charge is 2.64. The summed E-state index contributed by atoms with van der Waals surface area (Å²) < 4.78 is 28.3. The molecule has 5 aliphatic rings. The minimum Gasteiger partial charge on any atom is -0.454 e. The maximum atomic E-state index is 12.8. The average Bonchev–Trinajstić information content (AvgIpc) is 3.31. The summed E-state index contributed by atoms with van der Waals surface area (Å²) in [7, 11) is 0. The van der Waals surface area contributed by atoms with Gasteiger partial charge in [0.15, 0.2) is 24.3 Å². The first-order valence-electron chi connectivity index (χ1n) is 9.67.